The Morgan fingerprint density at radius 1 is 0.444 bits per heavy atom. The molecule has 0 amide bonds. The maximum Gasteiger partial charge on any atom is 0.164 e. The summed E-state index contributed by atoms with van der Waals surface area (Å²) in [6, 6.07) is 63.6. The lowest BCUT2D eigenvalue weighted by atomic mass is 9.67. The topological polar surface area (TPSA) is 62.5 Å². The van der Waals surface area contributed by atoms with Gasteiger partial charge in [-0.2, -0.15) is 5.26 Å². The van der Waals surface area contributed by atoms with Crippen molar-refractivity contribution in [2.45, 2.75) is 5.41 Å². The average Bonchev–Trinajstić information content (AvgIpc) is 3.82. The van der Waals surface area contributed by atoms with Crippen LogP contribution in [0.5, 0.6) is 0 Å². The molecule has 54 heavy (non-hydrogen) atoms. The molecule has 0 bridgehead atoms. The van der Waals surface area contributed by atoms with Crippen molar-refractivity contribution in [3.8, 4) is 62.5 Å². The van der Waals surface area contributed by atoms with Crippen molar-refractivity contribution in [3.63, 3.8) is 0 Å². The van der Waals surface area contributed by atoms with Crippen LogP contribution in [0.2, 0.25) is 0 Å². The van der Waals surface area contributed by atoms with Crippen molar-refractivity contribution < 1.29 is 0 Å². The minimum absolute atomic E-state index is 0.576. The van der Waals surface area contributed by atoms with Crippen molar-refractivity contribution in [1.82, 2.24) is 15.0 Å². The van der Waals surface area contributed by atoms with Crippen LogP contribution in [0.1, 0.15) is 27.8 Å². The predicted molar refractivity (Wildman–Crippen MR) is 219 cm³/mol. The van der Waals surface area contributed by atoms with E-state index in [1.54, 1.807) is 11.3 Å². The molecule has 0 spiro atoms. The van der Waals surface area contributed by atoms with Gasteiger partial charge in [0.25, 0.3) is 0 Å². The van der Waals surface area contributed by atoms with E-state index in [9.17, 15) is 5.26 Å². The first-order chi connectivity index (χ1) is 26.7. The number of nitriles is 1. The minimum atomic E-state index is -0.576. The first-order valence-corrected chi connectivity index (χ1v) is 18.8. The second-order valence-electron chi connectivity index (χ2n) is 13.5. The number of rotatable bonds is 6. The van der Waals surface area contributed by atoms with E-state index in [1.807, 2.05) is 72.8 Å². The fourth-order valence-corrected chi connectivity index (χ4v) is 9.09. The van der Waals surface area contributed by atoms with Crippen molar-refractivity contribution in [1.29, 1.82) is 5.26 Å². The SMILES string of the molecule is N#Cc1ccc(-c2csc3ccc4c(c23)-c2ccccc2C4(c2ccccc2)c2ccc(-c3nc(-c4ccccc4)nc(-c4ccccc4)n3)cc2)cc1. The van der Waals surface area contributed by atoms with E-state index in [1.165, 1.54) is 49.0 Å². The van der Waals surface area contributed by atoms with Gasteiger partial charge in [-0.15, -0.1) is 11.3 Å². The molecular formula is C49H30N4S. The summed E-state index contributed by atoms with van der Waals surface area (Å²) in [7, 11) is 0. The zero-order valence-electron chi connectivity index (χ0n) is 29.0. The van der Waals surface area contributed by atoms with Crippen LogP contribution < -0.4 is 0 Å². The first kappa shape index (κ1) is 31.7. The second kappa shape index (κ2) is 12.9. The predicted octanol–water partition coefficient (Wildman–Crippen LogP) is 12.0. The zero-order valence-corrected chi connectivity index (χ0v) is 29.8. The largest absolute Gasteiger partial charge is 0.208 e. The normalized spacial score (nSPS) is 14.4. The molecule has 2 aromatic heterocycles. The lowest BCUT2D eigenvalue weighted by molar-refractivity contribution is 0.769. The quantitative estimate of drug-likeness (QED) is 0.173. The fraction of sp³-hybridized carbons (Fsp3) is 0.0204. The summed E-state index contributed by atoms with van der Waals surface area (Å²) in [6.07, 6.45) is 0. The fourth-order valence-electron chi connectivity index (χ4n) is 8.12. The molecule has 1 unspecified atom stereocenters. The molecule has 0 radical (unpaired) electrons. The summed E-state index contributed by atoms with van der Waals surface area (Å²) in [4.78, 5) is 14.9. The van der Waals surface area contributed by atoms with Gasteiger partial charge in [0.15, 0.2) is 17.5 Å². The molecule has 0 fully saturated rings. The first-order valence-electron chi connectivity index (χ1n) is 17.9. The molecule has 1 atom stereocenters. The molecule has 0 saturated heterocycles. The Labute approximate surface area is 317 Å². The molecule has 10 rings (SSSR count). The van der Waals surface area contributed by atoms with E-state index in [-0.39, 0.29) is 0 Å². The van der Waals surface area contributed by atoms with Crippen molar-refractivity contribution >= 4 is 21.4 Å². The summed E-state index contributed by atoms with van der Waals surface area (Å²) in [6.45, 7) is 0. The third-order valence-corrected chi connectivity index (χ3v) is 11.5. The molecule has 5 heteroatoms. The van der Waals surface area contributed by atoms with Gasteiger partial charge in [-0.3, -0.25) is 0 Å². The van der Waals surface area contributed by atoms with Crippen molar-refractivity contribution in [2.75, 3.05) is 0 Å². The molecule has 0 saturated carbocycles. The Morgan fingerprint density at radius 2 is 0.963 bits per heavy atom. The number of thiophene rings is 1. The highest BCUT2D eigenvalue weighted by molar-refractivity contribution is 7.17. The Kier molecular flexibility index (Phi) is 7.57. The van der Waals surface area contributed by atoms with Gasteiger partial charge in [0.1, 0.15) is 0 Å². The number of benzene rings is 7. The maximum atomic E-state index is 9.48. The molecule has 252 valence electrons. The van der Waals surface area contributed by atoms with Crippen LogP contribution in [0.3, 0.4) is 0 Å². The average molecular weight is 707 g/mol. The highest BCUT2D eigenvalue weighted by Gasteiger charge is 2.47. The van der Waals surface area contributed by atoms with E-state index in [2.05, 4.69) is 115 Å². The molecule has 9 aromatic rings. The molecule has 1 aliphatic rings. The number of fused-ring (bicyclic) bond motifs is 5. The summed E-state index contributed by atoms with van der Waals surface area (Å²) < 4.78 is 1.24. The molecular weight excluding hydrogens is 677 g/mol. The maximum absolute atomic E-state index is 9.48. The van der Waals surface area contributed by atoms with Crippen LogP contribution in [0.15, 0.2) is 181 Å². The van der Waals surface area contributed by atoms with Gasteiger partial charge in [0.2, 0.25) is 0 Å². The van der Waals surface area contributed by atoms with E-state index in [0.717, 1.165) is 22.3 Å². The number of nitrogens with zero attached hydrogens (tertiary/aromatic N) is 4. The number of hydrogen-bond donors (Lipinski definition) is 0. The Bertz CT molecular complexity index is 2800. The Morgan fingerprint density at radius 3 is 1.57 bits per heavy atom. The summed E-state index contributed by atoms with van der Waals surface area (Å²) >= 11 is 1.77. The smallest absolute Gasteiger partial charge is 0.164 e. The molecule has 0 N–H and O–H groups in total. The van der Waals surface area contributed by atoms with Crippen molar-refractivity contribution in [2.24, 2.45) is 0 Å². The summed E-state index contributed by atoms with van der Waals surface area (Å²) in [5.74, 6) is 1.91. The van der Waals surface area contributed by atoms with E-state index in [4.69, 9.17) is 15.0 Å². The number of aromatic nitrogens is 3. The van der Waals surface area contributed by atoms with Crippen LogP contribution in [0, 0.1) is 11.3 Å². The summed E-state index contributed by atoms with van der Waals surface area (Å²) in [5.41, 5.74) is 12.5. The molecule has 1 aliphatic carbocycles. The van der Waals surface area contributed by atoms with E-state index < -0.39 is 5.41 Å². The van der Waals surface area contributed by atoms with Gasteiger partial charge < -0.3 is 0 Å². The van der Waals surface area contributed by atoms with Crippen molar-refractivity contribution in [3.05, 3.63) is 209 Å². The standard InChI is InChI=1S/C49H30N4S/c50-30-32-20-22-33(23-21-32)40-31-54-43-29-28-42-44(45(40)43)39-18-10-11-19-41(39)49(42,37-16-8-3-9-17-37)38-26-24-36(25-27-38)48-52-46(34-12-4-1-5-13-34)51-47(53-48)35-14-6-2-7-15-35/h1-29,31H. The van der Waals surface area contributed by atoms with Crippen LogP contribution in [0.4, 0.5) is 0 Å². The lowest BCUT2D eigenvalue weighted by Crippen LogP contribution is -2.28. The van der Waals surface area contributed by atoms with E-state index in [0.29, 0.717) is 23.0 Å². The second-order valence-corrected chi connectivity index (χ2v) is 14.4. The molecule has 2 heterocycles. The monoisotopic (exact) mass is 706 g/mol. The zero-order chi connectivity index (χ0) is 36.1. The van der Waals surface area contributed by atoms with Gasteiger partial charge in [-0.05, 0) is 62.5 Å². The Hall–Kier alpha value is -7.00. The number of hydrogen-bond acceptors (Lipinski definition) is 5. The van der Waals surface area contributed by atoms with Gasteiger partial charge in [0, 0.05) is 32.3 Å². The minimum Gasteiger partial charge on any atom is -0.208 e. The lowest BCUT2D eigenvalue weighted by Gasteiger charge is -2.34. The van der Waals surface area contributed by atoms with Gasteiger partial charge in [-0.1, -0.05) is 158 Å². The van der Waals surface area contributed by atoms with Gasteiger partial charge in [0.05, 0.1) is 17.0 Å². The summed E-state index contributed by atoms with van der Waals surface area (Å²) in [5, 5.41) is 13.0. The van der Waals surface area contributed by atoms with Gasteiger partial charge >= 0.3 is 0 Å². The Balaban J connectivity index is 1.19. The van der Waals surface area contributed by atoms with Gasteiger partial charge in [-0.25, -0.2) is 15.0 Å². The van der Waals surface area contributed by atoms with Crippen LogP contribution in [-0.2, 0) is 5.41 Å². The van der Waals surface area contributed by atoms with Crippen LogP contribution >= 0.6 is 11.3 Å². The van der Waals surface area contributed by atoms with E-state index >= 15 is 0 Å². The van der Waals surface area contributed by atoms with Crippen LogP contribution in [0.25, 0.3) is 66.5 Å². The highest BCUT2D eigenvalue weighted by Crippen LogP contribution is 2.59. The molecule has 4 nitrogen and oxygen atoms in total. The molecule has 7 aromatic carbocycles. The van der Waals surface area contributed by atoms with Crippen LogP contribution in [-0.4, -0.2) is 15.0 Å². The molecule has 0 aliphatic heterocycles. The third kappa shape index (κ3) is 5.00. The highest BCUT2D eigenvalue weighted by atomic mass is 32.1. The third-order valence-electron chi connectivity index (χ3n) is 10.6.